The minimum atomic E-state index is 0.976. The average molecular weight is 203 g/mol. The van der Waals surface area contributed by atoms with E-state index in [0.717, 1.165) is 6.42 Å². The van der Waals surface area contributed by atoms with E-state index in [1.165, 1.54) is 23.7 Å². The number of unbranched alkanes of at least 4 members (excludes halogenated alkanes) is 1. The number of allylic oxidation sites excluding steroid dienone is 3. The molecular formula is C9H15Br. The highest BCUT2D eigenvalue weighted by Crippen LogP contribution is 2.14. The number of hydrogen-bond donors (Lipinski definition) is 0. The summed E-state index contributed by atoms with van der Waals surface area (Å²) < 4.78 is 1.31. The van der Waals surface area contributed by atoms with Crippen molar-refractivity contribution in [1.82, 2.24) is 0 Å². The van der Waals surface area contributed by atoms with Crippen LogP contribution in [0.1, 0.15) is 32.6 Å². The maximum Gasteiger partial charge on any atom is -0.00861 e. The normalized spacial score (nSPS) is 11.6. The van der Waals surface area contributed by atoms with E-state index in [1.807, 2.05) is 6.08 Å². The molecule has 0 aliphatic heterocycles. The minimum absolute atomic E-state index is 0.976. The molecule has 0 atom stereocenters. The third-order valence-corrected chi connectivity index (χ3v) is 2.00. The summed E-state index contributed by atoms with van der Waals surface area (Å²) in [7, 11) is 0. The van der Waals surface area contributed by atoms with Crippen molar-refractivity contribution in [2.45, 2.75) is 32.6 Å². The fourth-order valence-corrected chi connectivity index (χ4v) is 1.13. The van der Waals surface area contributed by atoms with Crippen LogP contribution < -0.4 is 0 Å². The molecule has 0 spiro atoms. The molecule has 0 unspecified atom stereocenters. The predicted octanol–water partition coefficient (Wildman–Crippen LogP) is 4.03. The van der Waals surface area contributed by atoms with Gasteiger partial charge in [-0.3, -0.25) is 0 Å². The Morgan fingerprint density at radius 1 is 1.60 bits per heavy atom. The Balaban J connectivity index is 3.38. The Kier molecular flexibility index (Phi) is 7.04. The van der Waals surface area contributed by atoms with E-state index in [0.29, 0.717) is 0 Å². The minimum Gasteiger partial charge on any atom is -0.103 e. The van der Waals surface area contributed by atoms with Crippen molar-refractivity contribution in [3.05, 3.63) is 23.2 Å². The van der Waals surface area contributed by atoms with Gasteiger partial charge < -0.3 is 0 Å². The van der Waals surface area contributed by atoms with Crippen molar-refractivity contribution in [3.63, 3.8) is 0 Å². The van der Waals surface area contributed by atoms with Crippen LogP contribution in [0.15, 0.2) is 23.2 Å². The van der Waals surface area contributed by atoms with Gasteiger partial charge in [-0.25, -0.2) is 0 Å². The molecule has 0 saturated heterocycles. The van der Waals surface area contributed by atoms with Crippen molar-refractivity contribution in [1.29, 1.82) is 0 Å². The molecule has 0 aliphatic rings. The molecule has 0 aromatic heterocycles. The van der Waals surface area contributed by atoms with Gasteiger partial charge in [0, 0.05) is 0 Å². The molecule has 58 valence electrons. The van der Waals surface area contributed by atoms with Crippen LogP contribution in [0, 0.1) is 0 Å². The Labute approximate surface area is 72.1 Å². The second-order valence-corrected chi connectivity index (χ2v) is 3.30. The third-order valence-electron chi connectivity index (χ3n) is 1.28. The van der Waals surface area contributed by atoms with Crippen LogP contribution in [0.3, 0.4) is 0 Å². The lowest BCUT2D eigenvalue weighted by Crippen LogP contribution is -1.72. The molecule has 0 amide bonds. The summed E-state index contributed by atoms with van der Waals surface area (Å²) in [6, 6.07) is 0. The van der Waals surface area contributed by atoms with E-state index in [1.54, 1.807) is 0 Å². The molecule has 0 aromatic carbocycles. The summed E-state index contributed by atoms with van der Waals surface area (Å²) in [6.07, 6.45) is 8.76. The van der Waals surface area contributed by atoms with E-state index in [2.05, 4.69) is 35.5 Å². The van der Waals surface area contributed by atoms with Crippen molar-refractivity contribution in [2.75, 3.05) is 0 Å². The van der Waals surface area contributed by atoms with Crippen LogP contribution in [0.5, 0.6) is 0 Å². The lowest BCUT2D eigenvalue weighted by atomic mass is 10.2. The molecule has 0 rings (SSSR count). The van der Waals surface area contributed by atoms with Gasteiger partial charge in [0.2, 0.25) is 0 Å². The molecule has 0 bridgehead atoms. The molecule has 0 aliphatic carbocycles. The predicted molar refractivity (Wildman–Crippen MR) is 51.3 cm³/mol. The number of rotatable bonds is 5. The first kappa shape index (κ1) is 9.96. The Morgan fingerprint density at radius 2 is 2.30 bits per heavy atom. The SMILES string of the molecule is C=CC/C=C(\Br)CCCC. The summed E-state index contributed by atoms with van der Waals surface area (Å²) in [4.78, 5) is 0. The molecule has 0 aromatic rings. The van der Waals surface area contributed by atoms with Crippen LogP contribution in [-0.2, 0) is 0 Å². The fraction of sp³-hybridized carbons (Fsp3) is 0.556. The molecule has 0 radical (unpaired) electrons. The summed E-state index contributed by atoms with van der Waals surface area (Å²) in [5, 5.41) is 0. The van der Waals surface area contributed by atoms with Gasteiger partial charge >= 0.3 is 0 Å². The standard InChI is InChI=1S/C9H15Br/c1-3-5-7-9(10)8-6-4-2/h3,7H,1,4-6,8H2,2H3/b9-7-. The summed E-state index contributed by atoms with van der Waals surface area (Å²) in [5.74, 6) is 0. The van der Waals surface area contributed by atoms with Crippen molar-refractivity contribution in [2.24, 2.45) is 0 Å². The third kappa shape index (κ3) is 6.09. The Hall–Kier alpha value is -0.0400. The quantitative estimate of drug-likeness (QED) is 0.591. The second-order valence-electron chi connectivity index (χ2n) is 2.28. The van der Waals surface area contributed by atoms with E-state index >= 15 is 0 Å². The molecule has 1 heteroatoms. The first-order chi connectivity index (χ1) is 4.81. The largest absolute Gasteiger partial charge is 0.103 e. The molecule has 10 heavy (non-hydrogen) atoms. The molecule has 0 fully saturated rings. The molecule has 0 saturated carbocycles. The molecular weight excluding hydrogens is 188 g/mol. The zero-order chi connectivity index (χ0) is 7.82. The second kappa shape index (κ2) is 7.07. The van der Waals surface area contributed by atoms with Gasteiger partial charge in [-0.1, -0.05) is 41.4 Å². The first-order valence-corrected chi connectivity index (χ1v) is 4.56. The smallest absolute Gasteiger partial charge is 0.00861 e. The zero-order valence-corrected chi connectivity index (χ0v) is 8.15. The van der Waals surface area contributed by atoms with Crippen LogP contribution in [-0.4, -0.2) is 0 Å². The fourth-order valence-electron chi connectivity index (χ4n) is 0.659. The Bertz CT molecular complexity index is 114. The molecule has 0 nitrogen and oxygen atoms in total. The lowest BCUT2D eigenvalue weighted by molar-refractivity contribution is 0.809. The average Bonchev–Trinajstić information content (AvgIpc) is 1.97. The number of hydrogen-bond acceptors (Lipinski definition) is 0. The maximum atomic E-state index is 3.65. The van der Waals surface area contributed by atoms with E-state index in [9.17, 15) is 0 Å². The van der Waals surface area contributed by atoms with Gasteiger partial charge in [0.05, 0.1) is 0 Å². The summed E-state index contributed by atoms with van der Waals surface area (Å²) in [6.45, 7) is 5.85. The van der Waals surface area contributed by atoms with Gasteiger partial charge in [0.25, 0.3) is 0 Å². The van der Waals surface area contributed by atoms with Crippen molar-refractivity contribution < 1.29 is 0 Å². The molecule has 0 N–H and O–H groups in total. The van der Waals surface area contributed by atoms with Crippen LogP contribution in [0.25, 0.3) is 0 Å². The zero-order valence-electron chi connectivity index (χ0n) is 6.57. The topological polar surface area (TPSA) is 0 Å². The summed E-state index contributed by atoms with van der Waals surface area (Å²) in [5.41, 5.74) is 0. The Morgan fingerprint density at radius 3 is 2.80 bits per heavy atom. The van der Waals surface area contributed by atoms with Gasteiger partial charge in [-0.15, -0.1) is 6.58 Å². The van der Waals surface area contributed by atoms with E-state index in [-0.39, 0.29) is 0 Å². The van der Waals surface area contributed by atoms with Crippen molar-refractivity contribution in [3.8, 4) is 0 Å². The van der Waals surface area contributed by atoms with Crippen molar-refractivity contribution >= 4 is 15.9 Å². The van der Waals surface area contributed by atoms with Gasteiger partial charge in [-0.05, 0) is 23.7 Å². The first-order valence-electron chi connectivity index (χ1n) is 3.76. The van der Waals surface area contributed by atoms with Gasteiger partial charge in [0.1, 0.15) is 0 Å². The van der Waals surface area contributed by atoms with Crippen LogP contribution in [0.4, 0.5) is 0 Å². The highest BCUT2D eigenvalue weighted by Gasteiger charge is 1.88. The highest BCUT2D eigenvalue weighted by molar-refractivity contribution is 9.11. The van der Waals surface area contributed by atoms with E-state index < -0.39 is 0 Å². The lowest BCUT2D eigenvalue weighted by Gasteiger charge is -1.94. The number of halogens is 1. The molecule has 0 heterocycles. The van der Waals surface area contributed by atoms with E-state index in [4.69, 9.17) is 0 Å². The van der Waals surface area contributed by atoms with Gasteiger partial charge in [0.15, 0.2) is 0 Å². The summed E-state index contributed by atoms with van der Waals surface area (Å²) >= 11 is 3.49. The van der Waals surface area contributed by atoms with Crippen LogP contribution in [0.2, 0.25) is 0 Å². The van der Waals surface area contributed by atoms with Gasteiger partial charge in [-0.2, -0.15) is 0 Å². The highest BCUT2D eigenvalue weighted by atomic mass is 79.9. The van der Waals surface area contributed by atoms with Crippen LogP contribution >= 0.6 is 15.9 Å². The maximum absolute atomic E-state index is 3.65. The monoisotopic (exact) mass is 202 g/mol.